The molecule has 0 atom stereocenters. The lowest BCUT2D eigenvalue weighted by Crippen LogP contribution is -2.24. The molecule has 0 saturated carbocycles. The lowest BCUT2D eigenvalue weighted by Gasteiger charge is -2.12. The molecule has 0 aliphatic carbocycles. The predicted octanol–water partition coefficient (Wildman–Crippen LogP) is 4.08. The highest BCUT2D eigenvalue weighted by Gasteiger charge is 2.12. The van der Waals surface area contributed by atoms with Gasteiger partial charge in [-0.2, -0.15) is 0 Å². The molecule has 0 aliphatic heterocycles. The lowest BCUT2D eigenvalue weighted by atomic mass is 10.1. The summed E-state index contributed by atoms with van der Waals surface area (Å²) < 4.78 is 0.913. The van der Waals surface area contributed by atoms with E-state index in [0.29, 0.717) is 17.8 Å². The Hall–Kier alpha value is -2.29. The average Bonchev–Trinajstić information content (AvgIpc) is 3.06. The molecule has 6 nitrogen and oxygen atoms in total. The number of thiazole rings is 1. The van der Waals surface area contributed by atoms with Crippen LogP contribution in [0.2, 0.25) is 0 Å². The van der Waals surface area contributed by atoms with Gasteiger partial charge in [0.15, 0.2) is 0 Å². The smallest absolute Gasteiger partial charge is 0.276 e. The van der Waals surface area contributed by atoms with Crippen LogP contribution < -0.4 is 10.8 Å². The maximum Gasteiger partial charge on any atom is 0.276 e. The summed E-state index contributed by atoms with van der Waals surface area (Å²) in [7, 11) is 0. The summed E-state index contributed by atoms with van der Waals surface area (Å²) in [5.74, 6) is -0.319. The van der Waals surface area contributed by atoms with Gasteiger partial charge in [-0.15, -0.1) is 11.3 Å². The zero-order chi connectivity index (χ0) is 18.4. The van der Waals surface area contributed by atoms with Crippen molar-refractivity contribution in [2.75, 3.05) is 5.32 Å². The van der Waals surface area contributed by atoms with Crippen molar-refractivity contribution >= 4 is 38.9 Å². The van der Waals surface area contributed by atoms with Crippen molar-refractivity contribution in [3.8, 4) is 0 Å². The summed E-state index contributed by atoms with van der Waals surface area (Å²) in [5.41, 5.74) is 5.32. The number of aryl methyl sites for hydroxylation is 1. The first-order valence-corrected chi connectivity index (χ1v) is 9.56. The van der Waals surface area contributed by atoms with Gasteiger partial charge in [0.2, 0.25) is 0 Å². The second kappa shape index (κ2) is 8.88. The fourth-order valence-corrected chi connectivity index (χ4v) is 3.26. The first-order chi connectivity index (χ1) is 12.6. The van der Waals surface area contributed by atoms with Gasteiger partial charge >= 0.3 is 0 Å². The molecular weight excluding hydrogens is 416 g/mol. The number of pyridine rings is 1. The molecule has 0 aliphatic rings. The highest BCUT2D eigenvalue weighted by Crippen LogP contribution is 2.19. The third kappa shape index (κ3) is 4.87. The van der Waals surface area contributed by atoms with Crippen molar-refractivity contribution in [2.45, 2.75) is 20.1 Å². The van der Waals surface area contributed by atoms with Crippen molar-refractivity contribution in [1.29, 1.82) is 0 Å². The van der Waals surface area contributed by atoms with Gasteiger partial charge in [-0.1, -0.05) is 12.1 Å². The minimum Gasteiger partial charge on any atom is -0.379 e. The van der Waals surface area contributed by atoms with E-state index in [1.165, 1.54) is 0 Å². The van der Waals surface area contributed by atoms with E-state index in [4.69, 9.17) is 4.84 Å². The van der Waals surface area contributed by atoms with Crippen LogP contribution in [0, 0.1) is 6.92 Å². The van der Waals surface area contributed by atoms with Crippen molar-refractivity contribution in [2.24, 2.45) is 0 Å². The normalized spacial score (nSPS) is 10.5. The number of amides is 1. The van der Waals surface area contributed by atoms with E-state index in [9.17, 15) is 4.79 Å². The Morgan fingerprint density at radius 2 is 2.12 bits per heavy atom. The minimum absolute atomic E-state index is 0.229. The van der Waals surface area contributed by atoms with E-state index in [0.717, 1.165) is 20.9 Å². The van der Waals surface area contributed by atoms with Gasteiger partial charge in [-0.3, -0.25) is 14.6 Å². The van der Waals surface area contributed by atoms with Gasteiger partial charge in [0, 0.05) is 21.7 Å². The maximum absolute atomic E-state index is 12.4. The quantitative estimate of drug-likeness (QED) is 0.549. The second-order valence-corrected chi connectivity index (χ2v) is 7.33. The monoisotopic (exact) mass is 432 g/mol. The van der Waals surface area contributed by atoms with E-state index < -0.39 is 0 Å². The van der Waals surface area contributed by atoms with E-state index in [2.05, 4.69) is 36.7 Å². The van der Waals surface area contributed by atoms with Gasteiger partial charge in [0.25, 0.3) is 5.91 Å². The van der Waals surface area contributed by atoms with Gasteiger partial charge in [-0.25, -0.2) is 10.5 Å². The van der Waals surface area contributed by atoms with Gasteiger partial charge in [0.05, 0.1) is 28.5 Å². The Bertz CT molecular complexity index is 900. The van der Waals surface area contributed by atoms with Crippen LogP contribution in [0.5, 0.6) is 0 Å². The number of rotatable bonds is 7. The fraction of sp³-hybridized carbons (Fsp3) is 0.167. The van der Waals surface area contributed by atoms with E-state index in [1.54, 1.807) is 29.7 Å². The number of benzene rings is 1. The number of nitrogens with zero attached hydrogens (tertiary/aromatic N) is 2. The van der Waals surface area contributed by atoms with Crippen molar-refractivity contribution < 1.29 is 9.63 Å². The number of para-hydroxylation sites is 1. The van der Waals surface area contributed by atoms with Crippen LogP contribution >= 0.6 is 27.3 Å². The van der Waals surface area contributed by atoms with Crippen LogP contribution in [0.4, 0.5) is 5.69 Å². The first kappa shape index (κ1) is 18.5. The van der Waals surface area contributed by atoms with Gasteiger partial charge in [-0.05, 0) is 47.1 Å². The molecule has 2 N–H and O–H groups in total. The van der Waals surface area contributed by atoms with Gasteiger partial charge in [0.1, 0.15) is 6.61 Å². The molecular formula is C18H17BrN4O2S. The molecule has 2 heterocycles. The lowest BCUT2D eigenvalue weighted by molar-refractivity contribution is 0.0224. The molecule has 26 heavy (non-hydrogen) atoms. The number of hydroxylamine groups is 1. The number of carbonyl (C=O) groups is 1. The first-order valence-electron chi connectivity index (χ1n) is 7.89. The van der Waals surface area contributed by atoms with Gasteiger partial charge < -0.3 is 5.32 Å². The highest BCUT2D eigenvalue weighted by atomic mass is 79.9. The Labute approximate surface area is 163 Å². The molecule has 0 spiro atoms. The molecule has 0 bridgehead atoms. The summed E-state index contributed by atoms with van der Waals surface area (Å²) in [6.45, 7) is 2.64. The molecule has 3 rings (SSSR count). The SMILES string of the molecule is Cc1nc(CONC(=O)c2ccccc2NCc2ncccc2Br)cs1. The van der Waals surface area contributed by atoms with E-state index >= 15 is 0 Å². The zero-order valence-corrected chi connectivity index (χ0v) is 16.4. The summed E-state index contributed by atoms with van der Waals surface area (Å²) in [6, 6.07) is 11.0. The summed E-state index contributed by atoms with van der Waals surface area (Å²) in [6.07, 6.45) is 1.73. The van der Waals surface area contributed by atoms with Crippen LogP contribution in [-0.4, -0.2) is 15.9 Å². The molecule has 3 aromatic rings. The molecule has 0 saturated heterocycles. The number of halogens is 1. The number of anilines is 1. The van der Waals surface area contributed by atoms with Crippen molar-refractivity contribution in [3.63, 3.8) is 0 Å². The van der Waals surface area contributed by atoms with Crippen LogP contribution in [0.25, 0.3) is 0 Å². The standard InChI is InChI=1S/C18H17BrN4O2S/c1-12-22-13(11-26-12)10-25-23-18(24)14-5-2-3-7-16(14)21-9-17-15(19)6-4-8-20-17/h2-8,11,21H,9-10H2,1H3,(H,23,24). The molecule has 0 unspecified atom stereocenters. The van der Waals surface area contributed by atoms with Crippen LogP contribution in [0.15, 0.2) is 52.4 Å². The Balaban J connectivity index is 1.60. The van der Waals surface area contributed by atoms with Crippen molar-refractivity contribution in [1.82, 2.24) is 15.4 Å². The predicted molar refractivity (Wildman–Crippen MR) is 105 cm³/mol. The molecule has 134 valence electrons. The maximum atomic E-state index is 12.4. The number of carbonyl (C=O) groups excluding carboxylic acids is 1. The Morgan fingerprint density at radius 3 is 2.88 bits per heavy atom. The number of nitrogens with one attached hydrogen (secondary N) is 2. The summed E-state index contributed by atoms with van der Waals surface area (Å²) in [5, 5.41) is 6.11. The molecule has 2 aromatic heterocycles. The van der Waals surface area contributed by atoms with E-state index in [-0.39, 0.29) is 12.5 Å². The summed E-state index contributed by atoms with van der Waals surface area (Å²) in [4.78, 5) is 26.3. The molecule has 0 radical (unpaired) electrons. The fourth-order valence-electron chi connectivity index (χ4n) is 2.27. The Kier molecular flexibility index (Phi) is 6.32. The number of hydrogen-bond donors (Lipinski definition) is 2. The number of hydrogen-bond acceptors (Lipinski definition) is 6. The Morgan fingerprint density at radius 1 is 1.27 bits per heavy atom. The van der Waals surface area contributed by atoms with E-state index in [1.807, 2.05) is 36.6 Å². The van der Waals surface area contributed by atoms with Crippen LogP contribution in [0.3, 0.4) is 0 Å². The average molecular weight is 433 g/mol. The topological polar surface area (TPSA) is 76.1 Å². The largest absolute Gasteiger partial charge is 0.379 e. The summed E-state index contributed by atoms with van der Waals surface area (Å²) >= 11 is 5.01. The highest BCUT2D eigenvalue weighted by molar-refractivity contribution is 9.10. The molecule has 8 heteroatoms. The number of aromatic nitrogens is 2. The third-order valence-corrected chi connectivity index (χ3v) is 5.05. The minimum atomic E-state index is -0.319. The third-order valence-electron chi connectivity index (χ3n) is 3.50. The zero-order valence-electron chi connectivity index (χ0n) is 14.0. The molecule has 1 aromatic carbocycles. The van der Waals surface area contributed by atoms with Crippen LogP contribution in [0.1, 0.15) is 26.8 Å². The van der Waals surface area contributed by atoms with Crippen molar-refractivity contribution in [3.05, 3.63) is 74.4 Å². The second-order valence-electron chi connectivity index (χ2n) is 5.41. The molecule has 1 amide bonds. The van der Waals surface area contributed by atoms with Crippen LogP contribution in [-0.2, 0) is 18.0 Å². The molecule has 0 fully saturated rings.